The fourth-order valence-corrected chi connectivity index (χ4v) is 4.70. The molecule has 0 saturated carbocycles. The van der Waals surface area contributed by atoms with Crippen molar-refractivity contribution >= 4 is 16.3 Å². The van der Waals surface area contributed by atoms with Gasteiger partial charge in [0.15, 0.2) is 0 Å². The van der Waals surface area contributed by atoms with Gasteiger partial charge in [0.05, 0.1) is 6.54 Å². The molecule has 0 bridgehead atoms. The van der Waals surface area contributed by atoms with Crippen LogP contribution < -0.4 is 5.32 Å². The summed E-state index contributed by atoms with van der Waals surface area (Å²) in [5, 5.41) is 3.21. The molecule has 0 aromatic heterocycles. The SMILES string of the molecule is O=C(OCc1ccccc1)N1CCN(C2CCNCC2)S1(=O)=O. The van der Waals surface area contributed by atoms with Crippen LogP contribution in [-0.4, -0.2) is 55.3 Å². The second-order valence-electron chi connectivity index (χ2n) is 5.71. The van der Waals surface area contributed by atoms with Crippen LogP contribution in [0.2, 0.25) is 0 Å². The Hall–Kier alpha value is -1.64. The Bertz CT molecular complexity index is 644. The van der Waals surface area contributed by atoms with Crippen LogP contribution in [0.25, 0.3) is 0 Å². The van der Waals surface area contributed by atoms with Crippen LogP contribution in [0.4, 0.5) is 4.79 Å². The third kappa shape index (κ3) is 3.49. The summed E-state index contributed by atoms with van der Waals surface area (Å²) in [6.07, 6.45) is 0.739. The minimum absolute atomic E-state index is 0.0341. The van der Waals surface area contributed by atoms with E-state index in [1.54, 1.807) is 0 Å². The summed E-state index contributed by atoms with van der Waals surface area (Å²) in [6.45, 7) is 2.16. The molecule has 2 fully saturated rings. The Morgan fingerprint density at radius 2 is 1.87 bits per heavy atom. The molecule has 126 valence electrons. The zero-order valence-corrected chi connectivity index (χ0v) is 13.7. The van der Waals surface area contributed by atoms with E-state index in [-0.39, 0.29) is 19.2 Å². The van der Waals surface area contributed by atoms with Crippen molar-refractivity contribution in [2.24, 2.45) is 0 Å². The fraction of sp³-hybridized carbons (Fsp3) is 0.533. The van der Waals surface area contributed by atoms with Gasteiger partial charge in [-0.05, 0) is 31.5 Å². The van der Waals surface area contributed by atoms with Crippen molar-refractivity contribution in [3.63, 3.8) is 0 Å². The van der Waals surface area contributed by atoms with Gasteiger partial charge in [0, 0.05) is 12.6 Å². The Labute approximate surface area is 136 Å². The van der Waals surface area contributed by atoms with E-state index in [1.807, 2.05) is 30.3 Å². The number of ether oxygens (including phenoxy) is 1. The van der Waals surface area contributed by atoms with Crippen molar-refractivity contribution in [1.82, 2.24) is 13.9 Å². The highest BCUT2D eigenvalue weighted by atomic mass is 32.2. The topological polar surface area (TPSA) is 79.0 Å². The van der Waals surface area contributed by atoms with Crippen LogP contribution in [0.1, 0.15) is 18.4 Å². The summed E-state index contributed by atoms with van der Waals surface area (Å²) >= 11 is 0. The lowest BCUT2D eigenvalue weighted by Crippen LogP contribution is -2.46. The fourth-order valence-electron chi connectivity index (χ4n) is 2.99. The van der Waals surface area contributed by atoms with Gasteiger partial charge in [-0.2, -0.15) is 17.0 Å². The van der Waals surface area contributed by atoms with Gasteiger partial charge in [0.1, 0.15) is 6.61 Å². The van der Waals surface area contributed by atoms with Gasteiger partial charge in [-0.3, -0.25) is 0 Å². The highest BCUT2D eigenvalue weighted by molar-refractivity contribution is 7.87. The molecule has 1 aromatic carbocycles. The maximum atomic E-state index is 12.6. The van der Waals surface area contributed by atoms with Gasteiger partial charge in [-0.1, -0.05) is 30.3 Å². The molecule has 2 aliphatic heterocycles. The maximum absolute atomic E-state index is 12.6. The average Bonchev–Trinajstić information content (AvgIpc) is 2.89. The van der Waals surface area contributed by atoms with E-state index in [9.17, 15) is 13.2 Å². The number of carbonyl (C=O) groups excluding carboxylic acids is 1. The molecule has 0 aliphatic carbocycles. The molecule has 0 spiro atoms. The molecule has 0 radical (unpaired) electrons. The van der Waals surface area contributed by atoms with Gasteiger partial charge in [-0.25, -0.2) is 4.79 Å². The first-order valence-electron chi connectivity index (χ1n) is 7.80. The first-order chi connectivity index (χ1) is 11.1. The molecule has 23 heavy (non-hydrogen) atoms. The summed E-state index contributed by atoms with van der Waals surface area (Å²) in [7, 11) is -3.77. The van der Waals surface area contributed by atoms with E-state index < -0.39 is 16.3 Å². The highest BCUT2D eigenvalue weighted by Gasteiger charge is 2.44. The van der Waals surface area contributed by atoms with Crippen LogP contribution in [0.5, 0.6) is 0 Å². The number of amides is 1. The van der Waals surface area contributed by atoms with Crippen molar-refractivity contribution in [3.8, 4) is 0 Å². The molecule has 7 nitrogen and oxygen atoms in total. The smallest absolute Gasteiger partial charge is 0.424 e. The summed E-state index contributed by atoms with van der Waals surface area (Å²) in [6, 6.07) is 9.17. The minimum atomic E-state index is -3.77. The van der Waals surface area contributed by atoms with Crippen molar-refractivity contribution in [1.29, 1.82) is 0 Å². The van der Waals surface area contributed by atoms with Crippen molar-refractivity contribution in [2.45, 2.75) is 25.5 Å². The summed E-state index contributed by atoms with van der Waals surface area (Å²) in [5.74, 6) is 0. The zero-order chi connectivity index (χ0) is 16.3. The van der Waals surface area contributed by atoms with Crippen molar-refractivity contribution < 1.29 is 17.9 Å². The Kier molecular flexibility index (Phi) is 4.84. The van der Waals surface area contributed by atoms with E-state index in [4.69, 9.17) is 4.74 Å². The summed E-state index contributed by atoms with van der Waals surface area (Å²) in [5.41, 5.74) is 0.827. The number of hydrogen-bond donors (Lipinski definition) is 1. The molecule has 8 heteroatoms. The van der Waals surface area contributed by atoms with Crippen LogP contribution in [0, 0.1) is 0 Å². The normalized spacial score (nSPS) is 22.2. The third-order valence-corrected chi connectivity index (χ3v) is 6.19. The zero-order valence-electron chi connectivity index (χ0n) is 12.8. The van der Waals surface area contributed by atoms with E-state index in [0.717, 1.165) is 35.8 Å². The van der Waals surface area contributed by atoms with Gasteiger partial charge in [0.2, 0.25) is 0 Å². The number of rotatable bonds is 3. The molecule has 0 atom stereocenters. The standard InChI is InChI=1S/C15H21N3O4S/c19-15(22-12-13-4-2-1-3-5-13)18-11-10-17(23(18,20)21)14-6-8-16-9-7-14/h1-5,14,16H,6-12H2. The van der Waals surface area contributed by atoms with E-state index in [1.165, 1.54) is 4.31 Å². The van der Waals surface area contributed by atoms with Crippen LogP contribution in [0.3, 0.4) is 0 Å². The van der Waals surface area contributed by atoms with E-state index in [2.05, 4.69) is 5.32 Å². The predicted molar refractivity (Wildman–Crippen MR) is 84.9 cm³/mol. The van der Waals surface area contributed by atoms with Crippen LogP contribution in [-0.2, 0) is 21.6 Å². The number of hydrogen-bond acceptors (Lipinski definition) is 5. The first-order valence-corrected chi connectivity index (χ1v) is 9.19. The second-order valence-corrected chi connectivity index (χ2v) is 7.52. The first kappa shape index (κ1) is 16.2. The molecule has 2 heterocycles. The minimum Gasteiger partial charge on any atom is -0.444 e. The molecule has 0 unspecified atom stereocenters. The molecular formula is C15H21N3O4S. The summed E-state index contributed by atoms with van der Waals surface area (Å²) in [4.78, 5) is 12.1. The van der Waals surface area contributed by atoms with Gasteiger partial charge in [0.25, 0.3) is 0 Å². The molecule has 1 aromatic rings. The largest absolute Gasteiger partial charge is 0.444 e. The number of piperidine rings is 1. The van der Waals surface area contributed by atoms with Gasteiger partial charge in [-0.15, -0.1) is 0 Å². The second kappa shape index (κ2) is 6.86. The van der Waals surface area contributed by atoms with Crippen molar-refractivity contribution in [2.75, 3.05) is 26.2 Å². The maximum Gasteiger partial charge on any atom is 0.424 e. The molecule has 1 N–H and O–H groups in total. The molecule has 2 aliphatic rings. The van der Waals surface area contributed by atoms with Gasteiger partial charge < -0.3 is 10.1 Å². The number of benzene rings is 1. The molecular weight excluding hydrogens is 318 g/mol. The number of nitrogens with zero attached hydrogens (tertiary/aromatic N) is 2. The average molecular weight is 339 g/mol. The number of carbonyl (C=O) groups is 1. The lowest BCUT2D eigenvalue weighted by molar-refractivity contribution is 0.121. The van der Waals surface area contributed by atoms with E-state index >= 15 is 0 Å². The van der Waals surface area contributed by atoms with Gasteiger partial charge >= 0.3 is 16.3 Å². The molecule has 1 amide bonds. The molecule has 2 saturated heterocycles. The monoisotopic (exact) mass is 339 g/mol. The predicted octanol–water partition coefficient (Wildman–Crippen LogP) is 0.938. The highest BCUT2D eigenvalue weighted by Crippen LogP contribution is 2.24. The Balaban J connectivity index is 1.62. The lowest BCUT2D eigenvalue weighted by Gasteiger charge is -2.30. The lowest BCUT2D eigenvalue weighted by atomic mass is 10.1. The quantitative estimate of drug-likeness (QED) is 0.886. The molecule has 3 rings (SSSR count). The summed E-state index contributed by atoms with van der Waals surface area (Å²) < 4.78 is 32.6. The van der Waals surface area contributed by atoms with Crippen LogP contribution >= 0.6 is 0 Å². The number of nitrogens with one attached hydrogen (secondary N) is 1. The van der Waals surface area contributed by atoms with Crippen LogP contribution in [0.15, 0.2) is 30.3 Å². The van der Waals surface area contributed by atoms with E-state index in [0.29, 0.717) is 6.54 Å². The Morgan fingerprint density at radius 1 is 1.17 bits per heavy atom. The Morgan fingerprint density at radius 3 is 2.57 bits per heavy atom. The third-order valence-electron chi connectivity index (χ3n) is 4.22. The van der Waals surface area contributed by atoms with Crippen molar-refractivity contribution in [3.05, 3.63) is 35.9 Å².